The fraction of sp³-hybridized carbons (Fsp3) is 0.812. The van der Waals surface area contributed by atoms with Crippen LogP contribution in [0.25, 0.3) is 0 Å². The molecule has 2 rings (SSSR count). The lowest BCUT2D eigenvalue weighted by molar-refractivity contribution is -0.161. The molecule has 0 spiro atoms. The van der Waals surface area contributed by atoms with Crippen molar-refractivity contribution in [3.05, 3.63) is 0 Å². The normalized spacial score (nSPS) is 22.0. The van der Waals surface area contributed by atoms with Gasteiger partial charge in [0.05, 0.1) is 24.7 Å². The van der Waals surface area contributed by atoms with Crippen molar-refractivity contribution >= 4 is 41.2 Å². The van der Waals surface area contributed by atoms with E-state index in [9.17, 15) is 19.5 Å². The van der Waals surface area contributed by atoms with Crippen LogP contribution in [0, 0.1) is 0 Å². The van der Waals surface area contributed by atoms with E-state index in [4.69, 9.17) is 0 Å². The SMILES string of the molecule is CCC(=O)N1CSC[C@H]1C(=O)N1CC(O)(CNC(=O)CSC(C)C)C1. The van der Waals surface area contributed by atoms with Crippen molar-refractivity contribution in [3.8, 4) is 0 Å². The third-order valence-corrected chi connectivity index (χ3v) is 6.34. The van der Waals surface area contributed by atoms with Crippen molar-refractivity contribution < 1.29 is 19.5 Å². The highest BCUT2D eigenvalue weighted by Crippen LogP contribution is 2.27. The van der Waals surface area contributed by atoms with E-state index in [1.54, 1.807) is 40.2 Å². The van der Waals surface area contributed by atoms with E-state index >= 15 is 0 Å². The zero-order valence-corrected chi connectivity index (χ0v) is 16.6. The minimum atomic E-state index is -1.07. The van der Waals surface area contributed by atoms with Crippen molar-refractivity contribution in [1.29, 1.82) is 0 Å². The summed E-state index contributed by atoms with van der Waals surface area (Å²) in [6.45, 7) is 6.36. The van der Waals surface area contributed by atoms with Gasteiger partial charge in [-0.1, -0.05) is 20.8 Å². The maximum Gasteiger partial charge on any atom is 0.246 e. The number of hydrogen-bond acceptors (Lipinski definition) is 6. The van der Waals surface area contributed by atoms with Crippen LogP contribution in [0.5, 0.6) is 0 Å². The van der Waals surface area contributed by atoms with Crippen molar-refractivity contribution in [1.82, 2.24) is 15.1 Å². The smallest absolute Gasteiger partial charge is 0.246 e. The van der Waals surface area contributed by atoms with Crippen molar-refractivity contribution in [3.63, 3.8) is 0 Å². The Balaban J connectivity index is 1.77. The second-order valence-electron chi connectivity index (χ2n) is 6.79. The molecule has 0 unspecified atom stereocenters. The van der Waals surface area contributed by atoms with Crippen LogP contribution in [0.3, 0.4) is 0 Å². The average molecular weight is 390 g/mol. The van der Waals surface area contributed by atoms with Gasteiger partial charge in [-0.3, -0.25) is 14.4 Å². The molecular formula is C16H27N3O4S2. The summed E-state index contributed by atoms with van der Waals surface area (Å²) >= 11 is 3.12. The first kappa shape index (κ1) is 20.4. The zero-order valence-electron chi connectivity index (χ0n) is 15.0. The number of carbonyl (C=O) groups excluding carboxylic acids is 3. The lowest BCUT2D eigenvalue weighted by atomic mass is 9.93. The van der Waals surface area contributed by atoms with Gasteiger partial charge in [-0.25, -0.2) is 0 Å². The van der Waals surface area contributed by atoms with Crippen LogP contribution >= 0.6 is 23.5 Å². The molecule has 0 aliphatic carbocycles. The van der Waals surface area contributed by atoms with Crippen LogP contribution in [0.1, 0.15) is 27.2 Å². The maximum atomic E-state index is 12.6. The Morgan fingerprint density at radius 1 is 1.36 bits per heavy atom. The molecule has 2 heterocycles. The largest absolute Gasteiger partial charge is 0.384 e. The molecule has 142 valence electrons. The molecule has 0 aromatic rings. The molecule has 0 aromatic carbocycles. The first-order chi connectivity index (χ1) is 11.8. The minimum absolute atomic E-state index is 0.0194. The molecule has 0 saturated carbocycles. The van der Waals surface area contributed by atoms with E-state index in [0.29, 0.717) is 29.1 Å². The predicted octanol–water partition coefficient (Wildman–Crippen LogP) is 0.129. The standard InChI is InChI=1S/C16H27N3O4S2/c1-4-14(21)19-10-24-5-12(19)15(22)18-8-16(23,9-18)7-17-13(20)6-25-11(2)3/h11-12,23H,4-10H2,1-3H3,(H,17,20)/t12-/m0/s1. The van der Waals surface area contributed by atoms with Crippen molar-refractivity contribution in [2.75, 3.05) is 37.0 Å². The Bertz CT molecular complexity index is 524. The topological polar surface area (TPSA) is 90.0 Å². The number of aliphatic hydroxyl groups is 1. The highest BCUT2D eigenvalue weighted by Gasteiger charge is 2.47. The molecular weight excluding hydrogens is 362 g/mol. The van der Waals surface area contributed by atoms with Crippen molar-refractivity contribution in [2.24, 2.45) is 0 Å². The number of likely N-dealkylation sites (tertiary alicyclic amines) is 1. The highest BCUT2D eigenvalue weighted by atomic mass is 32.2. The van der Waals surface area contributed by atoms with Gasteiger partial charge >= 0.3 is 0 Å². The van der Waals surface area contributed by atoms with Crippen LogP contribution in [-0.2, 0) is 14.4 Å². The summed E-state index contributed by atoms with van der Waals surface area (Å²) in [6.07, 6.45) is 0.384. The second kappa shape index (κ2) is 8.64. The summed E-state index contributed by atoms with van der Waals surface area (Å²) in [5.74, 6) is 1.27. The number of rotatable bonds is 7. The van der Waals surface area contributed by atoms with E-state index in [0.717, 1.165) is 0 Å². The minimum Gasteiger partial charge on any atom is -0.384 e. The Hall–Kier alpha value is -0.930. The van der Waals surface area contributed by atoms with Gasteiger partial charge in [0.15, 0.2) is 0 Å². The molecule has 2 N–H and O–H groups in total. The van der Waals surface area contributed by atoms with E-state index in [1.165, 1.54) is 0 Å². The van der Waals surface area contributed by atoms with Gasteiger partial charge < -0.3 is 20.2 Å². The summed E-state index contributed by atoms with van der Waals surface area (Å²) < 4.78 is 0. The monoisotopic (exact) mass is 389 g/mol. The average Bonchev–Trinajstić information content (AvgIpc) is 3.03. The molecule has 2 saturated heterocycles. The molecule has 1 atom stereocenters. The lowest BCUT2D eigenvalue weighted by Gasteiger charge is -2.47. The number of nitrogens with zero attached hydrogens (tertiary/aromatic N) is 2. The van der Waals surface area contributed by atoms with E-state index in [1.807, 2.05) is 13.8 Å². The second-order valence-corrected chi connectivity index (χ2v) is 9.35. The third-order valence-electron chi connectivity index (χ3n) is 4.23. The number of hydrogen-bond donors (Lipinski definition) is 2. The summed E-state index contributed by atoms with van der Waals surface area (Å²) in [5, 5.41) is 13.5. The number of amides is 3. The molecule has 7 nitrogen and oxygen atoms in total. The highest BCUT2D eigenvalue weighted by molar-refractivity contribution is 8.00. The molecule has 0 radical (unpaired) electrons. The molecule has 0 aromatic heterocycles. The molecule has 2 aliphatic heterocycles. The van der Waals surface area contributed by atoms with E-state index < -0.39 is 11.6 Å². The third kappa shape index (κ3) is 5.27. The van der Waals surface area contributed by atoms with Crippen LogP contribution in [-0.4, -0.2) is 86.5 Å². The van der Waals surface area contributed by atoms with Crippen LogP contribution in [0.15, 0.2) is 0 Å². The fourth-order valence-corrected chi connectivity index (χ4v) is 4.55. The Kier molecular flexibility index (Phi) is 7.04. The predicted molar refractivity (Wildman–Crippen MR) is 100 cm³/mol. The summed E-state index contributed by atoms with van der Waals surface area (Å²) in [4.78, 5) is 39.4. The van der Waals surface area contributed by atoms with E-state index in [2.05, 4.69) is 5.32 Å². The number of thioether (sulfide) groups is 2. The van der Waals surface area contributed by atoms with E-state index in [-0.39, 0.29) is 37.4 Å². The number of nitrogens with one attached hydrogen (secondary N) is 1. The molecule has 9 heteroatoms. The Morgan fingerprint density at radius 2 is 2.04 bits per heavy atom. The van der Waals surface area contributed by atoms with Gasteiger partial charge in [-0.15, -0.1) is 23.5 Å². The maximum absolute atomic E-state index is 12.6. The molecule has 25 heavy (non-hydrogen) atoms. The van der Waals surface area contributed by atoms with Crippen LogP contribution in [0.2, 0.25) is 0 Å². The summed E-state index contributed by atoms with van der Waals surface area (Å²) in [5.41, 5.74) is -1.07. The fourth-order valence-electron chi connectivity index (χ4n) is 2.80. The van der Waals surface area contributed by atoms with Gasteiger partial charge in [-0.2, -0.15) is 0 Å². The summed E-state index contributed by atoms with van der Waals surface area (Å²) in [6, 6.07) is -0.431. The molecule has 2 fully saturated rings. The van der Waals surface area contributed by atoms with Gasteiger partial charge in [0.1, 0.15) is 11.6 Å². The summed E-state index contributed by atoms with van der Waals surface area (Å²) in [7, 11) is 0. The molecule has 0 bridgehead atoms. The van der Waals surface area contributed by atoms with Gasteiger partial charge in [-0.05, 0) is 5.25 Å². The molecule has 3 amide bonds. The Labute approximate surface area is 157 Å². The molecule has 2 aliphatic rings. The Morgan fingerprint density at radius 3 is 2.64 bits per heavy atom. The van der Waals surface area contributed by atoms with Crippen LogP contribution in [0.4, 0.5) is 0 Å². The quantitative estimate of drug-likeness (QED) is 0.643. The van der Waals surface area contributed by atoms with Gasteiger partial charge in [0, 0.05) is 18.7 Å². The zero-order chi connectivity index (χ0) is 18.6. The number of carbonyl (C=O) groups is 3. The van der Waals surface area contributed by atoms with Gasteiger partial charge in [0.25, 0.3) is 0 Å². The first-order valence-corrected chi connectivity index (χ1v) is 10.7. The first-order valence-electron chi connectivity index (χ1n) is 8.52. The van der Waals surface area contributed by atoms with Crippen LogP contribution < -0.4 is 5.32 Å². The van der Waals surface area contributed by atoms with Crippen molar-refractivity contribution in [2.45, 2.75) is 44.1 Å². The van der Waals surface area contributed by atoms with Gasteiger partial charge in [0.2, 0.25) is 17.7 Å². The lowest BCUT2D eigenvalue weighted by Crippen LogP contribution is -2.69. The number of β-amino-alcohol motifs (C(OH)–C–C–N with tert-alkyl or cyclic N) is 1.